The van der Waals surface area contributed by atoms with E-state index in [1.807, 2.05) is 54.3 Å². The van der Waals surface area contributed by atoms with Crippen LogP contribution in [0.5, 0.6) is 5.75 Å². The van der Waals surface area contributed by atoms with Crippen molar-refractivity contribution in [1.29, 1.82) is 0 Å². The Morgan fingerprint density at radius 3 is 2.64 bits per heavy atom. The number of carbonyl (C=O) groups is 2. The lowest BCUT2D eigenvalue weighted by atomic mass is 10.0. The Morgan fingerprint density at radius 1 is 1.18 bits per heavy atom. The number of para-hydroxylation sites is 1. The number of ether oxygens (including phenoxy) is 1. The molecule has 1 saturated heterocycles. The van der Waals surface area contributed by atoms with E-state index in [1.54, 1.807) is 19.2 Å². The molecular weight excluding hydrogens is 354 g/mol. The molecule has 2 unspecified atom stereocenters. The summed E-state index contributed by atoms with van der Waals surface area (Å²) in [5, 5.41) is 6.27. The van der Waals surface area contributed by atoms with Crippen LogP contribution >= 0.6 is 0 Å². The fraction of sp³-hybridized carbons (Fsp3) is 0.364. The summed E-state index contributed by atoms with van der Waals surface area (Å²) < 4.78 is 5.49. The lowest BCUT2D eigenvalue weighted by molar-refractivity contribution is -0.135. The summed E-state index contributed by atoms with van der Waals surface area (Å²) >= 11 is 0. The molecule has 0 bridgehead atoms. The van der Waals surface area contributed by atoms with Gasteiger partial charge in [-0.1, -0.05) is 36.4 Å². The van der Waals surface area contributed by atoms with Crippen molar-refractivity contribution in [3.63, 3.8) is 0 Å². The molecule has 1 fully saturated rings. The number of hydrogen-bond donors (Lipinski definition) is 2. The molecule has 6 nitrogen and oxygen atoms in total. The quantitative estimate of drug-likeness (QED) is 0.806. The van der Waals surface area contributed by atoms with Crippen LogP contribution in [0.25, 0.3) is 0 Å². The van der Waals surface area contributed by atoms with E-state index in [2.05, 4.69) is 10.6 Å². The van der Waals surface area contributed by atoms with E-state index in [-0.39, 0.29) is 30.3 Å². The average Bonchev–Trinajstić information content (AvgIpc) is 2.74. The van der Waals surface area contributed by atoms with Gasteiger partial charge in [-0.2, -0.15) is 0 Å². The van der Waals surface area contributed by atoms with Crippen molar-refractivity contribution in [3.8, 4) is 5.75 Å². The van der Waals surface area contributed by atoms with Gasteiger partial charge in [0.25, 0.3) is 5.91 Å². The number of nitrogens with one attached hydrogen (secondary N) is 2. The number of nitrogens with zero attached hydrogens (tertiary/aromatic N) is 1. The van der Waals surface area contributed by atoms with Gasteiger partial charge in [-0.3, -0.25) is 9.59 Å². The zero-order valence-corrected chi connectivity index (χ0v) is 16.4. The minimum absolute atomic E-state index is 0.0262. The van der Waals surface area contributed by atoms with E-state index in [4.69, 9.17) is 4.74 Å². The van der Waals surface area contributed by atoms with Gasteiger partial charge in [0.05, 0.1) is 13.2 Å². The Kier molecular flexibility index (Phi) is 6.66. The molecule has 0 aromatic heterocycles. The van der Waals surface area contributed by atoms with Gasteiger partial charge in [-0.15, -0.1) is 0 Å². The van der Waals surface area contributed by atoms with Gasteiger partial charge < -0.3 is 20.3 Å². The van der Waals surface area contributed by atoms with Crippen molar-refractivity contribution in [3.05, 3.63) is 65.7 Å². The second-order valence-corrected chi connectivity index (χ2v) is 6.99. The molecule has 2 amide bonds. The fourth-order valence-corrected chi connectivity index (χ4v) is 3.55. The Balaban J connectivity index is 1.67. The molecule has 148 valence electrons. The first-order valence-electron chi connectivity index (χ1n) is 9.59. The standard InChI is InChI=1S/C22H27N3O3/c1-16(24-22(27)17-8-4-3-5-9-17)14-21(26)25-13-12-23-15-19(25)18-10-6-7-11-20(18)28-2/h3-11,16,19,23H,12-15H2,1-2H3,(H,24,27). The van der Waals surface area contributed by atoms with Crippen LogP contribution in [0.1, 0.15) is 35.3 Å². The average molecular weight is 381 g/mol. The molecule has 28 heavy (non-hydrogen) atoms. The van der Waals surface area contributed by atoms with Gasteiger partial charge in [0, 0.05) is 43.2 Å². The van der Waals surface area contributed by atoms with Crippen molar-refractivity contribution in [2.75, 3.05) is 26.7 Å². The van der Waals surface area contributed by atoms with E-state index in [9.17, 15) is 9.59 Å². The Hall–Kier alpha value is -2.86. The molecule has 1 aliphatic rings. The van der Waals surface area contributed by atoms with Gasteiger partial charge >= 0.3 is 0 Å². The van der Waals surface area contributed by atoms with Crippen molar-refractivity contribution < 1.29 is 14.3 Å². The van der Waals surface area contributed by atoms with E-state index >= 15 is 0 Å². The van der Waals surface area contributed by atoms with E-state index in [1.165, 1.54) is 0 Å². The SMILES string of the molecule is COc1ccccc1C1CNCCN1C(=O)CC(C)NC(=O)c1ccccc1. The second-order valence-electron chi connectivity index (χ2n) is 6.99. The second kappa shape index (κ2) is 9.37. The summed E-state index contributed by atoms with van der Waals surface area (Å²) in [5.74, 6) is 0.639. The normalized spacial score (nSPS) is 17.6. The van der Waals surface area contributed by atoms with Gasteiger partial charge in [-0.05, 0) is 25.1 Å². The number of rotatable bonds is 6. The van der Waals surface area contributed by atoms with E-state index < -0.39 is 0 Å². The summed E-state index contributed by atoms with van der Waals surface area (Å²) in [7, 11) is 1.64. The van der Waals surface area contributed by atoms with Crippen molar-refractivity contribution >= 4 is 11.8 Å². The number of amides is 2. The summed E-state index contributed by atoms with van der Waals surface area (Å²) in [6, 6.07) is 16.5. The van der Waals surface area contributed by atoms with Gasteiger partial charge in [0.15, 0.2) is 0 Å². The van der Waals surface area contributed by atoms with Crippen molar-refractivity contribution in [2.45, 2.75) is 25.4 Å². The molecule has 2 N–H and O–H groups in total. The summed E-state index contributed by atoms with van der Waals surface area (Å²) in [5.41, 5.74) is 1.59. The fourth-order valence-electron chi connectivity index (χ4n) is 3.55. The van der Waals surface area contributed by atoms with Gasteiger partial charge in [0.2, 0.25) is 5.91 Å². The van der Waals surface area contributed by atoms with Crippen LogP contribution in [0.4, 0.5) is 0 Å². The Labute approximate surface area is 165 Å². The Bertz CT molecular complexity index is 810. The third-order valence-electron chi connectivity index (χ3n) is 4.96. The molecule has 2 aromatic carbocycles. The zero-order valence-electron chi connectivity index (χ0n) is 16.4. The Morgan fingerprint density at radius 2 is 1.89 bits per heavy atom. The molecule has 1 heterocycles. The molecule has 2 aromatic rings. The smallest absolute Gasteiger partial charge is 0.251 e. The van der Waals surface area contributed by atoms with Crippen molar-refractivity contribution in [2.24, 2.45) is 0 Å². The molecule has 6 heteroatoms. The maximum atomic E-state index is 13.0. The monoisotopic (exact) mass is 381 g/mol. The number of benzene rings is 2. The molecule has 0 spiro atoms. The minimum atomic E-state index is -0.256. The zero-order chi connectivity index (χ0) is 19.9. The number of piperazine rings is 1. The summed E-state index contributed by atoms with van der Waals surface area (Å²) in [6.07, 6.45) is 0.254. The topological polar surface area (TPSA) is 70.7 Å². The van der Waals surface area contributed by atoms with Crippen LogP contribution in [-0.4, -0.2) is 49.5 Å². The third-order valence-corrected chi connectivity index (χ3v) is 4.96. The highest BCUT2D eigenvalue weighted by atomic mass is 16.5. The number of hydrogen-bond acceptors (Lipinski definition) is 4. The minimum Gasteiger partial charge on any atom is -0.496 e. The maximum absolute atomic E-state index is 13.0. The lowest BCUT2D eigenvalue weighted by Gasteiger charge is -2.37. The maximum Gasteiger partial charge on any atom is 0.251 e. The van der Waals surface area contributed by atoms with Crippen LogP contribution in [0.15, 0.2) is 54.6 Å². The summed E-state index contributed by atoms with van der Waals surface area (Å²) in [6.45, 7) is 3.92. The highest BCUT2D eigenvalue weighted by Gasteiger charge is 2.30. The predicted molar refractivity (Wildman–Crippen MR) is 108 cm³/mol. The highest BCUT2D eigenvalue weighted by Crippen LogP contribution is 2.30. The molecular formula is C22H27N3O3. The largest absolute Gasteiger partial charge is 0.496 e. The van der Waals surface area contributed by atoms with Crippen LogP contribution in [-0.2, 0) is 4.79 Å². The van der Waals surface area contributed by atoms with Crippen LogP contribution in [0, 0.1) is 0 Å². The molecule has 3 rings (SSSR count). The first kappa shape index (κ1) is 19.9. The van der Waals surface area contributed by atoms with Crippen LogP contribution in [0.3, 0.4) is 0 Å². The first-order chi connectivity index (χ1) is 13.6. The first-order valence-corrected chi connectivity index (χ1v) is 9.59. The molecule has 0 radical (unpaired) electrons. The number of carbonyl (C=O) groups excluding carboxylic acids is 2. The van der Waals surface area contributed by atoms with Crippen LogP contribution in [0.2, 0.25) is 0 Å². The van der Waals surface area contributed by atoms with Gasteiger partial charge in [0.1, 0.15) is 5.75 Å². The van der Waals surface area contributed by atoms with Gasteiger partial charge in [-0.25, -0.2) is 0 Å². The van der Waals surface area contributed by atoms with Crippen LogP contribution < -0.4 is 15.4 Å². The van der Waals surface area contributed by atoms with E-state index in [0.29, 0.717) is 18.7 Å². The number of methoxy groups -OCH3 is 1. The third kappa shape index (κ3) is 4.70. The molecule has 2 atom stereocenters. The van der Waals surface area contributed by atoms with E-state index in [0.717, 1.165) is 17.9 Å². The summed E-state index contributed by atoms with van der Waals surface area (Å²) in [4.78, 5) is 27.2. The molecule has 0 aliphatic carbocycles. The predicted octanol–water partition coefficient (Wildman–Crippen LogP) is 2.38. The molecule has 0 saturated carbocycles. The van der Waals surface area contributed by atoms with Crippen molar-refractivity contribution in [1.82, 2.24) is 15.5 Å². The highest BCUT2D eigenvalue weighted by molar-refractivity contribution is 5.94. The molecule has 1 aliphatic heterocycles. The lowest BCUT2D eigenvalue weighted by Crippen LogP contribution is -2.50.